The molecule has 0 saturated carbocycles. The van der Waals surface area contributed by atoms with Crippen LogP contribution in [0.25, 0.3) is 0 Å². The highest BCUT2D eigenvalue weighted by Crippen LogP contribution is 2.18. The van der Waals surface area contributed by atoms with Crippen LogP contribution in [0, 0.1) is 6.92 Å². The van der Waals surface area contributed by atoms with Crippen molar-refractivity contribution in [1.82, 2.24) is 4.98 Å². The second-order valence-electron chi connectivity index (χ2n) is 3.40. The minimum Gasteiger partial charge on any atom is -0.257 e. The van der Waals surface area contributed by atoms with Crippen LogP contribution in [0.3, 0.4) is 0 Å². The summed E-state index contributed by atoms with van der Waals surface area (Å²) in [7, 11) is -2.88. The number of aromatic nitrogens is 1. The lowest BCUT2D eigenvalue weighted by atomic mass is 10.1. The van der Waals surface area contributed by atoms with E-state index in [-0.39, 0.29) is 11.5 Å². The normalized spacial score (nSPS) is 19.5. The smallest absolute Gasteiger partial charge is 0.156 e. The molecule has 0 unspecified atom stereocenters. The van der Waals surface area contributed by atoms with Crippen LogP contribution < -0.4 is 0 Å². The predicted molar refractivity (Wildman–Crippen MR) is 50.2 cm³/mol. The topological polar surface area (TPSA) is 47.0 Å². The first-order chi connectivity index (χ1) is 6.07. The van der Waals surface area contributed by atoms with Gasteiger partial charge in [-0.3, -0.25) is 4.98 Å². The molecule has 0 atom stereocenters. The van der Waals surface area contributed by atoms with Crippen LogP contribution in [0.5, 0.6) is 0 Å². The molecule has 3 nitrogen and oxygen atoms in total. The third-order valence-corrected chi connectivity index (χ3v) is 3.79. The molecule has 0 aliphatic carbocycles. The highest BCUT2D eigenvalue weighted by molar-refractivity contribution is 7.90. The molecule has 0 N–H and O–H groups in total. The molecule has 0 fully saturated rings. The maximum absolute atomic E-state index is 11.3. The first-order valence-corrected chi connectivity index (χ1v) is 6.05. The van der Waals surface area contributed by atoms with E-state index < -0.39 is 9.84 Å². The molecule has 1 aliphatic rings. The average molecular weight is 197 g/mol. The molecule has 2 rings (SSSR count). The molecule has 0 spiro atoms. The zero-order valence-electron chi connectivity index (χ0n) is 7.45. The lowest BCUT2D eigenvalue weighted by Gasteiger charge is -2.15. The van der Waals surface area contributed by atoms with Gasteiger partial charge in [0.05, 0.1) is 17.2 Å². The van der Waals surface area contributed by atoms with E-state index in [9.17, 15) is 8.42 Å². The molecule has 1 aromatic heterocycles. The van der Waals surface area contributed by atoms with Crippen molar-refractivity contribution in [3.8, 4) is 0 Å². The standard InChI is InChI=1S/C9H11NO2S/c1-7-2-3-8-4-5-13(11,12)6-9(8)10-7/h2-3H,4-6H2,1H3. The van der Waals surface area contributed by atoms with Gasteiger partial charge in [0.1, 0.15) is 0 Å². The lowest BCUT2D eigenvalue weighted by Crippen LogP contribution is -2.20. The Hall–Kier alpha value is -0.900. The molecule has 1 aliphatic heterocycles. The molecule has 0 amide bonds. The maximum Gasteiger partial charge on any atom is 0.156 e. The summed E-state index contributed by atoms with van der Waals surface area (Å²) in [6.45, 7) is 1.88. The Kier molecular flexibility index (Phi) is 1.87. The van der Waals surface area contributed by atoms with Gasteiger partial charge in [0, 0.05) is 5.69 Å². The minimum absolute atomic E-state index is 0.115. The summed E-state index contributed by atoms with van der Waals surface area (Å²) in [6.07, 6.45) is 0.616. The van der Waals surface area contributed by atoms with Crippen LogP contribution in [0.1, 0.15) is 17.0 Å². The first kappa shape index (κ1) is 8.69. The molecule has 0 radical (unpaired) electrons. The van der Waals surface area contributed by atoms with Crippen LogP contribution in [0.4, 0.5) is 0 Å². The van der Waals surface area contributed by atoms with Crippen LogP contribution in [0.15, 0.2) is 12.1 Å². The van der Waals surface area contributed by atoms with Crippen molar-refractivity contribution in [3.63, 3.8) is 0 Å². The Bertz CT molecular complexity index is 437. The van der Waals surface area contributed by atoms with E-state index in [1.54, 1.807) is 0 Å². The molecule has 0 saturated heterocycles. The van der Waals surface area contributed by atoms with Crippen molar-refractivity contribution in [1.29, 1.82) is 0 Å². The van der Waals surface area contributed by atoms with Crippen molar-refractivity contribution >= 4 is 9.84 Å². The first-order valence-electron chi connectivity index (χ1n) is 4.23. The largest absolute Gasteiger partial charge is 0.257 e. The quantitative estimate of drug-likeness (QED) is 0.619. The van der Waals surface area contributed by atoms with Crippen LogP contribution in [-0.4, -0.2) is 19.2 Å². The molecule has 0 aromatic carbocycles. The van der Waals surface area contributed by atoms with Gasteiger partial charge in [0.25, 0.3) is 0 Å². The van der Waals surface area contributed by atoms with Gasteiger partial charge >= 0.3 is 0 Å². The summed E-state index contributed by atoms with van der Waals surface area (Å²) in [5.74, 6) is 0.384. The molecule has 70 valence electrons. The monoisotopic (exact) mass is 197 g/mol. The fourth-order valence-electron chi connectivity index (χ4n) is 1.54. The molecule has 4 heteroatoms. The van der Waals surface area contributed by atoms with Crippen LogP contribution in [0.2, 0.25) is 0 Å². The predicted octanol–water partition coefficient (Wildman–Crippen LogP) is 0.861. The number of hydrogen-bond acceptors (Lipinski definition) is 3. The Morgan fingerprint density at radius 3 is 2.92 bits per heavy atom. The number of pyridine rings is 1. The number of aryl methyl sites for hydroxylation is 2. The van der Waals surface area contributed by atoms with Gasteiger partial charge in [-0.1, -0.05) is 6.07 Å². The van der Waals surface area contributed by atoms with E-state index in [1.165, 1.54) is 0 Å². The summed E-state index contributed by atoms with van der Waals surface area (Å²) in [5.41, 5.74) is 2.71. The second-order valence-corrected chi connectivity index (χ2v) is 5.58. The van der Waals surface area contributed by atoms with Gasteiger partial charge in [0.15, 0.2) is 9.84 Å². The van der Waals surface area contributed by atoms with E-state index in [4.69, 9.17) is 0 Å². The third kappa shape index (κ3) is 1.72. The number of hydrogen-bond donors (Lipinski definition) is 0. The Labute approximate surface area is 77.7 Å². The van der Waals surface area contributed by atoms with Gasteiger partial charge in [-0.05, 0) is 25.0 Å². The van der Waals surface area contributed by atoms with Crippen LogP contribution in [-0.2, 0) is 22.0 Å². The summed E-state index contributed by atoms with van der Waals surface area (Å²) in [6, 6.07) is 3.91. The van der Waals surface area contributed by atoms with Gasteiger partial charge < -0.3 is 0 Å². The van der Waals surface area contributed by atoms with Gasteiger partial charge in [-0.25, -0.2) is 8.42 Å². The Morgan fingerprint density at radius 1 is 1.38 bits per heavy atom. The van der Waals surface area contributed by atoms with Crippen molar-refractivity contribution in [2.45, 2.75) is 19.1 Å². The Morgan fingerprint density at radius 2 is 2.15 bits per heavy atom. The molecule has 0 bridgehead atoms. The fourth-order valence-corrected chi connectivity index (χ4v) is 2.88. The van der Waals surface area contributed by atoms with E-state index in [1.807, 2.05) is 19.1 Å². The van der Waals surface area contributed by atoms with Crippen LogP contribution >= 0.6 is 0 Å². The zero-order chi connectivity index (χ0) is 9.47. The van der Waals surface area contributed by atoms with Crippen molar-refractivity contribution in [3.05, 3.63) is 29.1 Å². The lowest BCUT2D eigenvalue weighted by molar-refractivity contribution is 0.590. The van der Waals surface area contributed by atoms with Gasteiger partial charge in [-0.15, -0.1) is 0 Å². The summed E-state index contributed by atoms with van der Waals surface area (Å²) >= 11 is 0. The fraction of sp³-hybridized carbons (Fsp3) is 0.444. The summed E-state index contributed by atoms with van der Waals surface area (Å²) in [4.78, 5) is 4.23. The molecule has 1 aromatic rings. The Balaban J connectivity index is 2.50. The molecule has 13 heavy (non-hydrogen) atoms. The number of rotatable bonds is 0. The molecule has 2 heterocycles. The van der Waals surface area contributed by atoms with E-state index in [0.29, 0.717) is 6.42 Å². The molecular weight excluding hydrogens is 186 g/mol. The van der Waals surface area contributed by atoms with Gasteiger partial charge in [0.2, 0.25) is 0 Å². The second kappa shape index (κ2) is 2.80. The third-order valence-electron chi connectivity index (χ3n) is 2.25. The SMILES string of the molecule is Cc1ccc2c(n1)CS(=O)(=O)CC2. The molecular formula is C9H11NO2S. The number of fused-ring (bicyclic) bond motifs is 1. The van der Waals surface area contributed by atoms with Crippen molar-refractivity contribution < 1.29 is 8.42 Å². The van der Waals surface area contributed by atoms with Gasteiger partial charge in [-0.2, -0.15) is 0 Å². The van der Waals surface area contributed by atoms with Crippen molar-refractivity contribution in [2.24, 2.45) is 0 Å². The number of nitrogens with zero attached hydrogens (tertiary/aromatic N) is 1. The number of sulfone groups is 1. The van der Waals surface area contributed by atoms with Crippen molar-refractivity contribution in [2.75, 3.05) is 5.75 Å². The van der Waals surface area contributed by atoms with E-state index >= 15 is 0 Å². The van der Waals surface area contributed by atoms with E-state index in [0.717, 1.165) is 17.0 Å². The highest BCUT2D eigenvalue weighted by atomic mass is 32.2. The minimum atomic E-state index is -2.88. The highest BCUT2D eigenvalue weighted by Gasteiger charge is 2.21. The average Bonchev–Trinajstić information content (AvgIpc) is 2.01. The summed E-state index contributed by atoms with van der Waals surface area (Å²) < 4.78 is 22.6. The summed E-state index contributed by atoms with van der Waals surface area (Å²) in [5, 5.41) is 0. The maximum atomic E-state index is 11.3. The van der Waals surface area contributed by atoms with E-state index in [2.05, 4.69) is 4.98 Å². The zero-order valence-corrected chi connectivity index (χ0v) is 8.26.